The Hall–Kier alpha value is -0.120. The molecule has 0 radical (unpaired) electrons. The van der Waals surface area contributed by atoms with Gasteiger partial charge >= 0.3 is 0 Å². The summed E-state index contributed by atoms with van der Waals surface area (Å²) in [4.78, 5) is 0. The highest BCUT2D eigenvalue weighted by atomic mass is 16.6. The molecule has 1 fully saturated rings. The van der Waals surface area contributed by atoms with Gasteiger partial charge in [-0.15, -0.1) is 0 Å². The summed E-state index contributed by atoms with van der Waals surface area (Å²) in [5.74, 6) is 1.03. The molecule has 4 unspecified atom stereocenters. The first-order valence-electron chi connectivity index (χ1n) is 5.00. The van der Waals surface area contributed by atoms with Gasteiger partial charge in [0.05, 0.1) is 12.7 Å². The van der Waals surface area contributed by atoms with Gasteiger partial charge in [-0.1, -0.05) is 20.8 Å². The van der Waals surface area contributed by atoms with Crippen LogP contribution in [0.2, 0.25) is 0 Å². The second-order valence-corrected chi connectivity index (χ2v) is 4.37. The molecule has 3 heteroatoms. The van der Waals surface area contributed by atoms with E-state index in [-0.39, 0.29) is 18.6 Å². The smallest absolute Gasteiger partial charge is 0.157 e. The van der Waals surface area contributed by atoms with Gasteiger partial charge < -0.3 is 14.9 Å². The molecular weight excluding hydrogens is 168 g/mol. The van der Waals surface area contributed by atoms with Crippen LogP contribution < -0.4 is 0 Å². The maximum atomic E-state index is 9.45. The Kier molecular flexibility index (Phi) is 3.71. The Morgan fingerprint density at radius 3 is 2.54 bits per heavy atom. The third-order valence-corrected chi connectivity index (χ3v) is 2.96. The molecule has 3 nitrogen and oxygen atoms in total. The standard InChI is InChI=1S/C10H20O3/c1-6(2)8-4-7(3)10(12)13-9(8)5-11/h6-12H,4-5H2,1-3H3. The summed E-state index contributed by atoms with van der Waals surface area (Å²) in [6.07, 6.45) is 0.0442. The van der Waals surface area contributed by atoms with Crippen molar-refractivity contribution >= 4 is 0 Å². The van der Waals surface area contributed by atoms with E-state index in [1.807, 2.05) is 6.92 Å². The molecule has 0 aromatic carbocycles. The van der Waals surface area contributed by atoms with Crippen LogP contribution in [0.3, 0.4) is 0 Å². The molecule has 0 aromatic heterocycles. The van der Waals surface area contributed by atoms with E-state index in [1.54, 1.807) is 0 Å². The van der Waals surface area contributed by atoms with Crippen LogP contribution >= 0.6 is 0 Å². The van der Waals surface area contributed by atoms with Crippen molar-refractivity contribution in [1.29, 1.82) is 0 Å². The van der Waals surface area contributed by atoms with Gasteiger partial charge in [-0.05, 0) is 18.3 Å². The first-order valence-corrected chi connectivity index (χ1v) is 5.00. The van der Waals surface area contributed by atoms with Gasteiger partial charge in [0, 0.05) is 5.92 Å². The van der Waals surface area contributed by atoms with Crippen LogP contribution in [0.1, 0.15) is 27.2 Å². The zero-order chi connectivity index (χ0) is 10.0. The Morgan fingerprint density at radius 1 is 1.46 bits per heavy atom. The fourth-order valence-electron chi connectivity index (χ4n) is 1.99. The lowest BCUT2D eigenvalue weighted by atomic mass is 9.80. The zero-order valence-electron chi connectivity index (χ0n) is 8.60. The van der Waals surface area contributed by atoms with Crippen molar-refractivity contribution in [2.75, 3.05) is 6.61 Å². The monoisotopic (exact) mass is 188 g/mol. The average molecular weight is 188 g/mol. The van der Waals surface area contributed by atoms with Gasteiger partial charge in [-0.2, -0.15) is 0 Å². The normalized spacial score (nSPS) is 41.1. The molecule has 0 spiro atoms. The third kappa shape index (κ3) is 2.42. The maximum Gasteiger partial charge on any atom is 0.157 e. The highest BCUT2D eigenvalue weighted by Crippen LogP contribution is 2.33. The molecule has 1 aliphatic heterocycles. The van der Waals surface area contributed by atoms with Crippen LogP contribution in [0.25, 0.3) is 0 Å². The summed E-state index contributed by atoms with van der Waals surface area (Å²) in [5.41, 5.74) is 0. The van der Waals surface area contributed by atoms with Crippen LogP contribution in [0.15, 0.2) is 0 Å². The second-order valence-electron chi connectivity index (χ2n) is 4.37. The van der Waals surface area contributed by atoms with Crippen LogP contribution in [0.5, 0.6) is 0 Å². The largest absolute Gasteiger partial charge is 0.394 e. The Balaban J connectivity index is 2.61. The fourth-order valence-corrected chi connectivity index (χ4v) is 1.99. The summed E-state index contributed by atoms with van der Waals surface area (Å²) in [6.45, 7) is 6.24. The zero-order valence-corrected chi connectivity index (χ0v) is 8.60. The number of hydrogen-bond donors (Lipinski definition) is 2. The summed E-state index contributed by atoms with van der Waals surface area (Å²) >= 11 is 0. The molecule has 0 amide bonds. The van der Waals surface area contributed by atoms with Crippen molar-refractivity contribution in [2.24, 2.45) is 17.8 Å². The van der Waals surface area contributed by atoms with E-state index >= 15 is 0 Å². The minimum Gasteiger partial charge on any atom is -0.394 e. The van der Waals surface area contributed by atoms with Gasteiger partial charge in [0.15, 0.2) is 6.29 Å². The van der Waals surface area contributed by atoms with Crippen molar-refractivity contribution in [3.8, 4) is 0 Å². The van der Waals surface area contributed by atoms with E-state index < -0.39 is 6.29 Å². The number of hydrogen-bond acceptors (Lipinski definition) is 3. The summed E-state index contributed by atoms with van der Waals surface area (Å²) in [6, 6.07) is 0. The van der Waals surface area contributed by atoms with E-state index in [1.165, 1.54) is 0 Å². The Morgan fingerprint density at radius 2 is 2.08 bits per heavy atom. The van der Waals surface area contributed by atoms with E-state index in [4.69, 9.17) is 9.84 Å². The van der Waals surface area contributed by atoms with Gasteiger partial charge in [-0.25, -0.2) is 0 Å². The quantitative estimate of drug-likeness (QED) is 0.679. The van der Waals surface area contributed by atoms with Gasteiger partial charge in [0.2, 0.25) is 0 Å². The minimum absolute atomic E-state index is 0.00657. The van der Waals surface area contributed by atoms with Crippen molar-refractivity contribution in [1.82, 2.24) is 0 Å². The van der Waals surface area contributed by atoms with Gasteiger partial charge in [-0.3, -0.25) is 0 Å². The highest BCUT2D eigenvalue weighted by molar-refractivity contribution is 4.80. The molecule has 0 aliphatic carbocycles. The molecule has 2 N–H and O–H groups in total. The molecule has 1 rings (SSSR count). The van der Waals surface area contributed by atoms with Crippen molar-refractivity contribution in [2.45, 2.75) is 39.6 Å². The van der Waals surface area contributed by atoms with E-state index in [9.17, 15) is 5.11 Å². The molecule has 1 heterocycles. The van der Waals surface area contributed by atoms with E-state index in [0.29, 0.717) is 11.8 Å². The lowest BCUT2D eigenvalue weighted by Gasteiger charge is -2.39. The van der Waals surface area contributed by atoms with Crippen LogP contribution in [-0.2, 0) is 4.74 Å². The summed E-state index contributed by atoms with van der Waals surface area (Å²) in [7, 11) is 0. The Bertz CT molecular complexity index is 158. The number of aliphatic hydroxyl groups excluding tert-OH is 2. The molecule has 78 valence electrons. The molecule has 4 atom stereocenters. The summed E-state index contributed by atoms with van der Waals surface area (Å²) < 4.78 is 5.33. The third-order valence-electron chi connectivity index (χ3n) is 2.96. The highest BCUT2D eigenvalue weighted by Gasteiger charge is 2.35. The topological polar surface area (TPSA) is 49.7 Å². The summed E-state index contributed by atoms with van der Waals surface area (Å²) in [5, 5.41) is 18.5. The number of ether oxygens (including phenoxy) is 1. The maximum absolute atomic E-state index is 9.45. The number of aliphatic hydroxyl groups is 2. The van der Waals surface area contributed by atoms with E-state index in [2.05, 4.69) is 13.8 Å². The van der Waals surface area contributed by atoms with Gasteiger partial charge in [0.1, 0.15) is 0 Å². The molecule has 1 saturated heterocycles. The number of rotatable bonds is 2. The molecule has 0 bridgehead atoms. The lowest BCUT2D eigenvalue weighted by Crippen LogP contribution is -2.43. The van der Waals surface area contributed by atoms with Crippen LogP contribution in [-0.4, -0.2) is 29.2 Å². The molecule has 0 aromatic rings. The first kappa shape index (κ1) is 11.0. The van der Waals surface area contributed by atoms with Crippen LogP contribution in [0.4, 0.5) is 0 Å². The SMILES string of the molecule is CC(C)C1CC(C)C(O)OC1CO. The minimum atomic E-state index is -0.702. The van der Waals surface area contributed by atoms with Gasteiger partial charge in [0.25, 0.3) is 0 Å². The molecular formula is C10H20O3. The first-order chi connectivity index (χ1) is 6.06. The second kappa shape index (κ2) is 4.40. The van der Waals surface area contributed by atoms with Crippen molar-refractivity contribution < 1.29 is 14.9 Å². The van der Waals surface area contributed by atoms with Crippen LogP contribution in [0, 0.1) is 17.8 Å². The average Bonchev–Trinajstić information content (AvgIpc) is 2.08. The lowest BCUT2D eigenvalue weighted by molar-refractivity contribution is -0.222. The molecule has 0 saturated carbocycles. The van der Waals surface area contributed by atoms with Crippen molar-refractivity contribution in [3.05, 3.63) is 0 Å². The van der Waals surface area contributed by atoms with E-state index in [0.717, 1.165) is 6.42 Å². The predicted molar refractivity (Wildman–Crippen MR) is 50.1 cm³/mol. The predicted octanol–water partition coefficient (Wildman–Crippen LogP) is 0.994. The molecule has 1 aliphatic rings. The molecule has 13 heavy (non-hydrogen) atoms. The Labute approximate surface area is 79.7 Å². The fraction of sp³-hybridized carbons (Fsp3) is 1.00. The van der Waals surface area contributed by atoms with Crippen molar-refractivity contribution in [3.63, 3.8) is 0 Å².